The molecule has 0 fully saturated rings. The van der Waals surface area contributed by atoms with Crippen molar-refractivity contribution in [3.05, 3.63) is 105 Å². The van der Waals surface area contributed by atoms with Crippen LogP contribution in [0.15, 0.2) is 88.5 Å². The van der Waals surface area contributed by atoms with Crippen molar-refractivity contribution in [3.8, 4) is 11.5 Å². The molecule has 0 saturated heterocycles. The van der Waals surface area contributed by atoms with Crippen molar-refractivity contribution in [3.63, 3.8) is 0 Å². The van der Waals surface area contributed by atoms with E-state index in [1.807, 2.05) is 30.9 Å². The fourth-order valence-electron chi connectivity index (χ4n) is 4.29. The molecule has 40 heavy (non-hydrogen) atoms. The number of benzene rings is 3. The van der Waals surface area contributed by atoms with Crippen molar-refractivity contribution >= 4 is 34.8 Å². The molecule has 0 aliphatic carbocycles. The standard InChI is InChI=1S/C30H28Cl2F3N3O2/c1-3-26-28(32)29(37-19(2)38(26)18-27(39)21-6-10-23(31)11-7-21)36-17-16-20-4-12-24(13-5-20)40-25-14-8-22(9-15-25)30(33,34)35/h4-15,19H,3,16-18H2,1-2H3,(H,36,37). The molecule has 210 valence electrons. The largest absolute Gasteiger partial charge is 0.457 e. The van der Waals surface area contributed by atoms with Crippen LogP contribution in [0.2, 0.25) is 5.02 Å². The Balaban J connectivity index is 1.36. The van der Waals surface area contributed by atoms with Gasteiger partial charge in [-0.05, 0) is 86.0 Å². The number of amidine groups is 1. The number of hydrogen-bond donors (Lipinski definition) is 1. The van der Waals surface area contributed by atoms with Gasteiger partial charge >= 0.3 is 6.18 Å². The van der Waals surface area contributed by atoms with E-state index in [0.717, 1.165) is 23.4 Å². The SMILES string of the molecule is CCC1=C(Cl)C(=NCCc2ccc(Oc3ccc(C(F)(F)F)cc3)cc2)NC(C)N1CC(=O)c1ccc(Cl)cc1. The second kappa shape index (κ2) is 12.8. The number of Topliss-reactive ketones (excluding diaryl/α,β-unsaturated/α-hetero) is 1. The smallest absolute Gasteiger partial charge is 0.416 e. The second-order valence-corrected chi connectivity index (χ2v) is 10.1. The van der Waals surface area contributed by atoms with Gasteiger partial charge in [-0.1, -0.05) is 42.3 Å². The number of ketones is 1. The first kappa shape index (κ1) is 29.5. The molecule has 0 radical (unpaired) electrons. The van der Waals surface area contributed by atoms with E-state index < -0.39 is 11.7 Å². The number of ether oxygens (including phenoxy) is 1. The maximum absolute atomic E-state index is 12.9. The molecule has 1 atom stereocenters. The first-order valence-electron chi connectivity index (χ1n) is 12.7. The Morgan fingerprint density at radius 1 is 0.975 bits per heavy atom. The summed E-state index contributed by atoms with van der Waals surface area (Å²) in [6, 6.07) is 18.7. The molecule has 0 aromatic heterocycles. The van der Waals surface area contributed by atoms with E-state index in [0.29, 0.717) is 52.3 Å². The zero-order chi connectivity index (χ0) is 28.9. The molecule has 1 unspecified atom stereocenters. The molecule has 1 aliphatic rings. The highest BCUT2D eigenvalue weighted by Gasteiger charge is 2.30. The van der Waals surface area contributed by atoms with Gasteiger partial charge in [0.2, 0.25) is 0 Å². The molecule has 0 spiro atoms. The number of alkyl halides is 3. The average molecular weight is 590 g/mol. The lowest BCUT2D eigenvalue weighted by atomic mass is 10.1. The number of nitrogens with one attached hydrogen (secondary N) is 1. The van der Waals surface area contributed by atoms with E-state index in [9.17, 15) is 18.0 Å². The van der Waals surface area contributed by atoms with Crippen LogP contribution < -0.4 is 10.1 Å². The fourth-order valence-corrected chi connectivity index (χ4v) is 4.77. The van der Waals surface area contributed by atoms with Crippen molar-refractivity contribution in [2.24, 2.45) is 4.99 Å². The number of carbonyl (C=O) groups is 1. The lowest BCUT2D eigenvalue weighted by Gasteiger charge is -2.38. The molecular formula is C30H28Cl2F3N3O2. The lowest BCUT2D eigenvalue weighted by molar-refractivity contribution is -0.137. The molecular weight excluding hydrogens is 562 g/mol. The summed E-state index contributed by atoms with van der Waals surface area (Å²) in [5, 5.41) is 4.37. The Labute approximate surface area is 241 Å². The lowest BCUT2D eigenvalue weighted by Crippen LogP contribution is -2.52. The van der Waals surface area contributed by atoms with Gasteiger partial charge in [-0.15, -0.1) is 0 Å². The topological polar surface area (TPSA) is 53.9 Å². The van der Waals surface area contributed by atoms with Gasteiger partial charge in [0, 0.05) is 22.8 Å². The normalized spacial score (nSPS) is 16.7. The van der Waals surface area contributed by atoms with Crippen LogP contribution in [-0.4, -0.2) is 35.8 Å². The first-order valence-corrected chi connectivity index (χ1v) is 13.5. The average Bonchev–Trinajstić information content (AvgIpc) is 2.92. The van der Waals surface area contributed by atoms with Gasteiger partial charge < -0.3 is 15.0 Å². The molecule has 10 heteroatoms. The van der Waals surface area contributed by atoms with Crippen LogP contribution >= 0.6 is 23.2 Å². The Kier molecular flexibility index (Phi) is 9.43. The van der Waals surface area contributed by atoms with E-state index in [1.54, 1.807) is 36.4 Å². The highest BCUT2D eigenvalue weighted by Crippen LogP contribution is 2.31. The monoisotopic (exact) mass is 589 g/mol. The molecule has 0 amide bonds. The van der Waals surface area contributed by atoms with Gasteiger partial charge in [0.1, 0.15) is 22.4 Å². The van der Waals surface area contributed by atoms with Gasteiger partial charge in [0.25, 0.3) is 0 Å². The van der Waals surface area contributed by atoms with E-state index >= 15 is 0 Å². The number of rotatable bonds is 9. The van der Waals surface area contributed by atoms with Crippen LogP contribution in [0.4, 0.5) is 13.2 Å². The quantitative estimate of drug-likeness (QED) is 0.256. The fraction of sp³-hybridized carbons (Fsp3) is 0.267. The van der Waals surface area contributed by atoms with Crippen LogP contribution in [0.5, 0.6) is 11.5 Å². The number of aliphatic imine (C=N–C) groups is 1. The van der Waals surface area contributed by atoms with Gasteiger partial charge in [-0.3, -0.25) is 9.79 Å². The van der Waals surface area contributed by atoms with Crippen LogP contribution in [0, 0.1) is 0 Å². The predicted octanol–water partition coefficient (Wildman–Crippen LogP) is 8.09. The molecule has 0 saturated carbocycles. The third-order valence-corrected chi connectivity index (χ3v) is 7.10. The van der Waals surface area contributed by atoms with Crippen molar-refractivity contribution in [1.29, 1.82) is 0 Å². The van der Waals surface area contributed by atoms with E-state index in [-0.39, 0.29) is 18.5 Å². The van der Waals surface area contributed by atoms with Crippen LogP contribution in [0.25, 0.3) is 0 Å². The van der Waals surface area contributed by atoms with Crippen molar-refractivity contribution in [2.45, 2.75) is 39.0 Å². The van der Waals surface area contributed by atoms with E-state index in [4.69, 9.17) is 27.9 Å². The van der Waals surface area contributed by atoms with Gasteiger partial charge in [-0.25, -0.2) is 0 Å². The number of nitrogens with zero attached hydrogens (tertiary/aromatic N) is 2. The summed E-state index contributed by atoms with van der Waals surface area (Å²) in [7, 11) is 0. The summed E-state index contributed by atoms with van der Waals surface area (Å²) < 4.78 is 43.9. The second-order valence-electron chi connectivity index (χ2n) is 9.24. The van der Waals surface area contributed by atoms with E-state index in [1.165, 1.54) is 12.1 Å². The van der Waals surface area contributed by atoms with E-state index in [2.05, 4.69) is 10.3 Å². The third-order valence-electron chi connectivity index (χ3n) is 6.45. The van der Waals surface area contributed by atoms with Crippen molar-refractivity contribution in [2.75, 3.05) is 13.1 Å². The Bertz CT molecular complexity index is 1390. The molecule has 3 aromatic rings. The minimum absolute atomic E-state index is 0.0353. The summed E-state index contributed by atoms with van der Waals surface area (Å²) in [6.45, 7) is 4.59. The maximum Gasteiger partial charge on any atom is 0.416 e. The zero-order valence-corrected chi connectivity index (χ0v) is 23.4. The summed E-state index contributed by atoms with van der Waals surface area (Å²) in [6.07, 6.45) is -3.29. The predicted molar refractivity (Wildman–Crippen MR) is 152 cm³/mol. The van der Waals surface area contributed by atoms with Gasteiger partial charge in [0.15, 0.2) is 5.78 Å². The molecule has 4 rings (SSSR count). The van der Waals surface area contributed by atoms with Gasteiger partial charge in [-0.2, -0.15) is 13.2 Å². The van der Waals surface area contributed by atoms with Crippen LogP contribution in [-0.2, 0) is 12.6 Å². The molecule has 3 aromatic carbocycles. The maximum atomic E-state index is 12.9. The molecule has 5 nitrogen and oxygen atoms in total. The molecule has 0 bridgehead atoms. The highest BCUT2D eigenvalue weighted by atomic mass is 35.5. The number of hydrogen-bond acceptors (Lipinski definition) is 4. The Morgan fingerprint density at radius 3 is 2.15 bits per heavy atom. The third kappa shape index (κ3) is 7.37. The summed E-state index contributed by atoms with van der Waals surface area (Å²) in [5.74, 6) is 1.39. The number of allylic oxidation sites excluding steroid dienone is 1. The summed E-state index contributed by atoms with van der Waals surface area (Å²) >= 11 is 12.7. The van der Waals surface area contributed by atoms with Crippen molar-refractivity contribution in [1.82, 2.24) is 10.2 Å². The number of halogens is 5. The Hall–Kier alpha value is -3.49. The first-order chi connectivity index (χ1) is 19.0. The summed E-state index contributed by atoms with van der Waals surface area (Å²) in [5.41, 5.74) is 1.72. The molecule has 1 aliphatic heterocycles. The Morgan fingerprint density at radius 2 is 1.57 bits per heavy atom. The minimum Gasteiger partial charge on any atom is -0.457 e. The van der Waals surface area contributed by atoms with Crippen LogP contribution in [0.3, 0.4) is 0 Å². The zero-order valence-electron chi connectivity index (χ0n) is 21.9. The number of carbonyl (C=O) groups excluding carboxylic acids is 1. The summed E-state index contributed by atoms with van der Waals surface area (Å²) in [4.78, 5) is 19.5. The van der Waals surface area contributed by atoms with Crippen molar-refractivity contribution < 1.29 is 22.7 Å². The molecule has 1 N–H and O–H groups in total. The van der Waals surface area contributed by atoms with Crippen LogP contribution in [0.1, 0.15) is 41.8 Å². The molecule has 1 heterocycles. The van der Waals surface area contributed by atoms with Gasteiger partial charge in [0.05, 0.1) is 18.3 Å². The highest BCUT2D eigenvalue weighted by molar-refractivity contribution is 6.43. The minimum atomic E-state index is -4.39.